The number of hydrogen-bond donors (Lipinski definition) is 2. The Balaban J connectivity index is 1.30. The molecule has 192 valence electrons. The van der Waals surface area contributed by atoms with E-state index >= 15 is 0 Å². The van der Waals surface area contributed by atoms with Gasteiger partial charge in [0.1, 0.15) is 0 Å². The Hall–Kier alpha value is -3.13. The predicted molar refractivity (Wildman–Crippen MR) is 150 cm³/mol. The minimum absolute atomic E-state index is 0.0569. The molecule has 4 atom stereocenters. The minimum Gasteiger partial charge on any atom is -0.361 e. The van der Waals surface area contributed by atoms with E-state index in [0.29, 0.717) is 24.3 Å². The molecular formula is C30H34N4O2S. The molecule has 1 aliphatic heterocycles. The molecule has 1 aliphatic carbocycles. The quantitative estimate of drug-likeness (QED) is 0.348. The number of aromatic nitrogens is 2. The Morgan fingerprint density at radius 3 is 2.81 bits per heavy atom. The average molecular weight is 515 g/mol. The highest BCUT2D eigenvalue weighted by atomic mass is 32.2. The maximum absolute atomic E-state index is 13.4. The van der Waals surface area contributed by atoms with Gasteiger partial charge in [-0.2, -0.15) is 0 Å². The number of para-hydroxylation sites is 1. The average Bonchev–Trinajstić information content (AvgIpc) is 3.64. The van der Waals surface area contributed by atoms with Crippen LogP contribution in [0.3, 0.4) is 0 Å². The van der Waals surface area contributed by atoms with E-state index in [4.69, 9.17) is 0 Å². The number of aryl methyl sites for hydroxylation is 1. The zero-order valence-corrected chi connectivity index (χ0v) is 22.2. The van der Waals surface area contributed by atoms with Crippen molar-refractivity contribution < 1.29 is 8.42 Å². The fourth-order valence-electron chi connectivity index (χ4n) is 6.27. The fraction of sp³-hybridized carbons (Fsp3) is 0.333. The number of nitrogens with one attached hydrogen (secondary N) is 2. The van der Waals surface area contributed by atoms with Gasteiger partial charge in [0.25, 0.3) is 0 Å². The van der Waals surface area contributed by atoms with Gasteiger partial charge in [0.15, 0.2) is 0 Å². The lowest BCUT2D eigenvalue weighted by atomic mass is 9.79. The summed E-state index contributed by atoms with van der Waals surface area (Å²) in [7, 11) is -1.61. The monoisotopic (exact) mass is 514 g/mol. The van der Waals surface area contributed by atoms with Crippen LogP contribution in [-0.2, 0) is 17.1 Å². The summed E-state index contributed by atoms with van der Waals surface area (Å²) in [6.07, 6.45) is 14.1. The number of allylic oxidation sites excluding steroid dienone is 4. The molecule has 2 N–H and O–H groups in total. The van der Waals surface area contributed by atoms with Crippen molar-refractivity contribution in [3.05, 3.63) is 90.8 Å². The second-order valence-electron chi connectivity index (χ2n) is 10.6. The van der Waals surface area contributed by atoms with Crippen LogP contribution in [0.1, 0.15) is 24.9 Å². The Morgan fingerprint density at radius 1 is 1.11 bits per heavy atom. The fourth-order valence-corrected chi connectivity index (χ4v) is 7.34. The molecule has 2 unspecified atom stereocenters. The minimum atomic E-state index is -3.68. The maximum atomic E-state index is 13.4. The van der Waals surface area contributed by atoms with Crippen LogP contribution in [0.5, 0.6) is 0 Å². The second kappa shape index (κ2) is 9.63. The second-order valence-corrected chi connectivity index (χ2v) is 12.3. The molecule has 37 heavy (non-hydrogen) atoms. The Kier molecular flexibility index (Phi) is 6.31. The Labute approximate surface area is 218 Å². The van der Waals surface area contributed by atoms with Crippen molar-refractivity contribution in [2.75, 3.05) is 19.6 Å². The molecule has 7 heteroatoms. The molecule has 6 nitrogen and oxygen atoms in total. The van der Waals surface area contributed by atoms with E-state index in [1.54, 1.807) is 12.1 Å². The lowest BCUT2D eigenvalue weighted by molar-refractivity contribution is 0.223. The highest BCUT2D eigenvalue weighted by Gasteiger charge is 2.36. The highest BCUT2D eigenvalue weighted by Crippen LogP contribution is 2.38. The zero-order valence-electron chi connectivity index (χ0n) is 21.3. The summed E-state index contributed by atoms with van der Waals surface area (Å²) < 4.78 is 31.9. The standard InChI is InChI=1S/C30H34N4O2S/c1-21-7-3-4-8-25(21)23-14-16-34(19-23)30(27-20-33(2)29-10-6-5-9-26(27)29)18-32-37(35,36)24-12-11-22-13-15-31-28(22)17-24/h3-13,15,17,20-21,23,25,30-32H,14,16,18-19H2,1-2H3/t21?,23-,25?,30+/m0/s1. The summed E-state index contributed by atoms with van der Waals surface area (Å²) in [6.45, 7) is 4.53. The number of rotatable bonds is 7. The van der Waals surface area contributed by atoms with Gasteiger partial charge in [-0.15, -0.1) is 0 Å². The summed E-state index contributed by atoms with van der Waals surface area (Å²) in [4.78, 5) is 5.89. The van der Waals surface area contributed by atoms with Gasteiger partial charge in [0.05, 0.1) is 10.9 Å². The zero-order chi connectivity index (χ0) is 25.6. The van der Waals surface area contributed by atoms with Gasteiger partial charge in [-0.1, -0.05) is 55.5 Å². The molecule has 2 aromatic carbocycles. The van der Waals surface area contributed by atoms with E-state index in [2.05, 4.69) is 87.9 Å². The molecular weight excluding hydrogens is 480 g/mol. The number of nitrogens with zero attached hydrogens (tertiary/aromatic N) is 2. The summed E-state index contributed by atoms with van der Waals surface area (Å²) >= 11 is 0. The number of benzene rings is 2. The van der Waals surface area contributed by atoms with E-state index in [0.717, 1.165) is 35.9 Å². The van der Waals surface area contributed by atoms with Crippen molar-refractivity contribution >= 4 is 31.8 Å². The Bertz CT molecular complexity index is 1600. The van der Waals surface area contributed by atoms with Gasteiger partial charge in [-0.25, -0.2) is 13.1 Å². The molecule has 0 amide bonds. The van der Waals surface area contributed by atoms with Crippen LogP contribution in [0.2, 0.25) is 0 Å². The summed E-state index contributed by atoms with van der Waals surface area (Å²) in [6, 6.07) is 15.5. The first kappa shape index (κ1) is 24.2. The largest absolute Gasteiger partial charge is 0.361 e. The first-order valence-corrected chi connectivity index (χ1v) is 14.6. The number of likely N-dealkylation sites (tertiary alicyclic amines) is 1. The van der Waals surface area contributed by atoms with Crippen molar-refractivity contribution in [1.29, 1.82) is 0 Å². The predicted octanol–water partition coefficient (Wildman–Crippen LogP) is 5.38. The molecule has 6 rings (SSSR count). The van der Waals surface area contributed by atoms with Gasteiger partial charge >= 0.3 is 0 Å². The van der Waals surface area contributed by atoms with E-state index in [1.807, 2.05) is 18.3 Å². The van der Waals surface area contributed by atoms with Gasteiger partial charge in [0, 0.05) is 49.0 Å². The van der Waals surface area contributed by atoms with Crippen LogP contribution in [0.4, 0.5) is 0 Å². The lowest BCUT2D eigenvalue weighted by Gasteiger charge is -2.30. The van der Waals surface area contributed by atoms with Crippen molar-refractivity contribution in [1.82, 2.24) is 19.2 Å². The number of H-pyrrole nitrogens is 1. The van der Waals surface area contributed by atoms with Crippen molar-refractivity contribution in [3.63, 3.8) is 0 Å². The van der Waals surface area contributed by atoms with Crippen LogP contribution in [0, 0.1) is 17.8 Å². The van der Waals surface area contributed by atoms with Crippen LogP contribution in [0.15, 0.2) is 90.1 Å². The normalized spacial score (nSPS) is 23.4. The van der Waals surface area contributed by atoms with Gasteiger partial charge in [-0.3, -0.25) is 4.90 Å². The van der Waals surface area contributed by atoms with Gasteiger partial charge in [-0.05, 0) is 65.9 Å². The number of fused-ring (bicyclic) bond motifs is 2. The van der Waals surface area contributed by atoms with Crippen LogP contribution in [-0.4, -0.2) is 42.5 Å². The molecule has 1 saturated heterocycles. The molecule has 2 aromatic heterocycles. The van der Waals surface area contributed by atoms with E-state index in [-0.39, 0.29) is 10.9 Å². The smallest absolute Gasteiger partial charge is 0.240 e. The van der Waals surface area contributed by atoms with E-state index in [9.17, 15) is 8.42 Å². The third kappa shape index (κ3) is 4.56. The topological polar surface area (TPSA) is 70.1 Å². The lowest BCUT2D eigenvalue weighted by Crippen LogP contribution is -2.37. The van der Waals surface area contributed by atoms with E-state index in [1.165, 1.54) is 10.9 Å². The van der Waals surface area contributed by atoms with Crippen LogP contribution >= 0.6 is 0 Å². The van der Waals surface area contributed by atoms with Crippen LogP contribution in [0.25, 0.3) is 21.8 Å². The van der Waals surface area contributed by atoms with E-state index < -0.39 is 10.0 Å². The molecule has 0 saturated carbocycles. The van der Waals surface area contributed by atoms with Gasteiger partial charge in [0.2, 0.25) is 10.0 Å². The summed E-state index contributed by atoms with van der Waals surface area (Å²) in [5, 5.41) is 2.18. The molecule has 0 radical (unpaired) electrons. The highest BCUT2D eigenvalue weighted by molar-refractivity contribution is 7.89. The summed E-state index contributed by atoms with van der Waals surface area (Å²) in [5.41, 5.74) is 3.15. The number of aromatic amines is 1. The summed E-state index contributed by atoms with van der Waals surface area (Å²) in [5.74, 6) is 1.60. The molecule has 1 fully saturated rings. The molecule has 3 heterocycles. The molecule has 0 bridgehead atoms. The number of hydrogen-bond acceptors (Lipinski definition) is 3. The molecule has 2 aliphatic rings. The first-order chi connectivity index (χ1) is 17.9. The van der Waals surface area contributed by atoms with Crippen molar-refractivity contribution in [2.24, 2.45) is 24.8 Å². The van der Waals surface area contributed by atoms with Crippen molar-refractivity contribution in [2.45, 2.75) is 24.3 Å². The SMILES string of the molecule is CC1C=CC=CC1[C@H]1CCN([C@H](CNS(=O)(=O)c2ccc3cc[nH]c3c2)c2cn(C)c3ccccc23)C1. The maximum Gasteiger partial charge on any atom is 0.240 e. The number of sulfonamides is 1. The third-order valence-electron chi connectivity index (χ3n) is 8.30. The first-order valence-electron chi connectivity index (χ1n) is 13.1. The van der Waals surface area contributed by atoms with Crippen molar-refractivity contribution in [3.8, 4) is 0 Å². The molecule has 4 aromatic rings. The Morgan fingerprint density at radius 2 is 1.95 bits per heavy atom. The molecule has 0 spiro atoms. The van der Waals surface area contributed by atoms with Gasteiger partial charge < -0.3 is 9.55 Å². The van der Waals surface area contributed by atoms with Crippen LogP contribution < -0.4 is 4.72 Å². The third-order valence-corrected chi connectivity index (χ3v) is 9.72.